The van der Waals surface area contributed by atoms with Gasteiger partial charge in [0.15, 0.2) is 5.76 Å². The molecule has 2 aromatic heterocycles. The number of likely N-dealkylation sites (tertiary alicyclic amines) is 1. The Balaban J connectivity index is 1.73. The van der Waals surface area contributed by atoms with Crippen LogP contribution in [0.25, 0.3) is 0 Å². The van der Waals surface area contributed by atoms with Gasteiger partial charge in [-0.15, -0.1) is 0 Å². The summed E-state index contributed by atoms with van der Waals surface area (Å²) >= 11 is 0. The molecule has 1 atom stereocenters. The molecule has 3 rings (SSSR count). The maximum atomic E-state index is 12.4. The summed E-state index contributed by atoms with van der Waals surface area (Å²) < 4.78 is 5.32. The van der Waals surface area contributed by atoms with Crippen LogP contribution >= 0.6 is 0 Å². The first-order valence-electron chi connectivity index (χ1n) is 6.85. The lowest BCUT2D eigenvalue weighted by Crippen LogP contribution is -2.31. The summed E-state index contributed by atoms with van der Waals surface area (Å²) in [6.07, 6.45) is 5.78. The fourth-order valence-electron chi connectivity index (χ4n) is 2.68. The highest BCUT2D eigenvalue weighted by atomic mass is 16.5. The fourth-order valence-corrected chi connectivity index (χ4v) is 2.68. The molecule has 0 saturated carbocycles. The highest BCUT2D eigenvalue weighted by Gasteiger charge is 2.32. The Morgan fingerprint density at radius 3 is 2.95 bits per heavy atom. The molecule has 0 bridgehead atoms. The van der Waals surface area contributed by atoms with E-state index in [0.29, 0.717) is 6.42 Å². The Hall–Kier alpha value is -2.17. The number of carbonyl (C=O) groups is 1. The predicted octanol–water partition coefficient (Wildman–Crippen LogP) is 2.28. The number of nitrogens with zero attached hydrogens (tertiary/aromatic N) is 3. The van der Waals surface area contributed by atoms with Gasteiger partial charge in [-0.2, -0.15) is 0 Å². The van der Waals surface area contributed by atoms with Crippen LogP contribution in [0, 0.1) is 6.92 Å². The molecule has 20 heavy (non-hydrogen) atoms. The summed E-state index contributed by atoms with van der Waals surface area (Å²) in [6.45, 7) is 2.68. The second-order valence-corrected chi connectivity index (χ2v) is 5.15. The van der Waals surface area contributed by atoms with Gasteiger partial charge in [0.2, 0.25) is 5.91 Å². The van der Waals surface area contributed by atoms with Crippen LogP contribution in [-0.4, -0.2) is 27.5 Å². The third-order valence-electron chi connectivity index (χ3n) is 3.65. The van der Waals surface area contributed by atoms with Gasteiger partial charge in [0, 0.05) is 25.0 Å². The van der Waals surface area contributed by atoms with E-state index >= 15 is 0 Å². The molecule has 5 nitrogen and oxygen atoms in total. The maximum Gasteiger partial charge on any atom is 0.227 e. The van der Waals surface area contributed by atoms with E-state index in [9.17, 15) is 4.79 Å². The van der Waals surface area contributed by atoms with Gasteiger partial charge < -0.3 is 9.42 Å². The number of hydrogen-bond donors (Lipinski definition) is 0. The number of carbonyl (C=O) groups excluding carboxylic acids is 1. The molecule has 1 unspecified atom stereocenters. The second-order valence-electron chi connectivity index (χ2n) is 5.15. The third kappa shape index (κ3) is 2.57. The molecule has 1 aliphatic heterocycles. The van der Waals surface area contributed by atoms with E-state index in [1.54, 1.807) is 12.4 Å². The first kappa shape index (κ1) is 12.8. The van der Waals surface area contributed by atoms with E-state index in [4.69, 9.17) is 4.52 Å². The van der Waals surface area contributed by atoms with Gasteiger partial charge in [0.25, 0.3) is 0 Å². The molecule has 104 valence electrons. The largest absolute Gasteiger partial charge is 0.359 e. The van der Waals surface area contributed by atoms with E-state index in [1.807, 2.05) is 30.0 Å². The van der Waals surface area contributed by atoms with Gasteiger partial charge >= 0.3 is 0 Å². The smallest absolute Gasteiger partial charge is 0.227 e. The van der Waals surface area contributed by atoms with Gasteiger partial charge in [-0.05, 0) is 37.5 Å². The molecule has 1 fully saturated rings. The quantitative estimate of drug-likeness (QED) is 0.859. The van der Waals surface area contributed by atoms with Crippen molar-refractivity contribution in [2.45, 2.75) is 32.2 Å². The van der Waals surface area contributed by atoms with Crippen LogP contribution in [-0.2, 0) is 11.2 Å². The number of hydrogen-bond acceptors (Lipinski definition) is 4. The molecule has 0 spiro atoms. The Labute approximate surface area is 117 Å². The number of aromatic nitrogens is 2. The molecule has 0 radical (unpaired) electrons. The normalized spacial score (nSPS) is 18.4. The molecule has 0 aromatic carbocycles. The van der Waals surface area contributed by atoms with Crippen molar-refractivity contribution in [3.8, 4) is 0 Å². The number of aryl methyl sites for hydroxylation is 1. The molecule has 1 saturated heterocycles. The van der Waals surface area contributed by atoms with Crippen molar-refractivity contribution in [2.24, 2.45) is 0 Å². The first-order chi connectivity index (χ1) is 9.74. The third-order valence-corrected chi connectivity index (χ3v) is 3.65. The second kappa shape index (κ2) is 5.45. The van der Waals surface area contributed by atoms with Crippen LogP contribution < -0.4 is 0 Å². The summed E-state index contributed by atoms with van der Waals surface area (Å²) in [5.74, 6) is 0.927. The first-order valence-corrected chi connectivity index (χ1v) is 6.85. The standard InChI is InChI=1S/C15H17N3O2/c1-11-9-14(20-17-11)13-3-2-8-18(13)15(19)10-12-4-6-16-7-5-12/h4-7,9,13H,2-3,8,10H2,1H3. The minimum atomic E-state index is 0.0329. The van der Waals surface area contributed by atoms with Gasteiger partial charge in [-0.25, -0.2) is 0 Å². The highest BCUT2D eigenvalue weighted by Crippen LogP contribution is 2.32. The van der Waals surface area contributed by atoms with E-state index in [2.05, 4.69) is 10.1 Å². The van der Waals surface area contributed by atoms with Crippen LogP contribution in [0.1, 0.15) is 35.9 Å². The Morgan fingerprint density at radius 2 is 2.25 bits per heavy atom. The Morgan fingerprint density at radius 1 is 1.45 bits per heavy atom. The van der Waals surface area contributed by atoms with Gasteiger partial charge in [0.1, 0.15) is 0 Å². The molecule has 0 aliphatic carbocycles. The summed E-state index contributed by atoms with van der Waals surface area (Å²) in [5, 5.41) is 3.92. The SMILES string of the molecule is Cc1cc(C2CCCN2C(=O)Cc2ccncc2)on1. The molecule has 0 N–H and O–H groups in total. The van der Waals surface area contributed by atoms with Crippen LogP contribution in [0.5, 0.6) is 0 Å². The summed E-state index contributed by atoms with van der Waals surface area (Å²) in [7, 11) is 0. The average molecular weight is 271 g/mol. The zero-order chi connectivity index (χ0) is 13.9. The summed E-state index contributed by atoms with van der Waals surface area (Å²) in [6, 6.07) is 5.71. The summed E-state index contributed by atoms with van der Waals surface area (Å²) in [4.78, 5) is 18.3. The summed E-state index contributed by atoms with van der Waals surface area (Å²) in [5.41, 5.74) is 1.85. The van der Waals surface area contributed by atoms with Crippen LogP contribution in [0.4, 0.5) is 0 Å². The van der Waals surface area contributed by atoms with Crippen LogP contribution in [0.15, 0.2) is 35.1 Å². The minimum absolute atomic E-state index is 0.0329. The van der Waals surface area contributed by atoms with Gasteiger partial charge in [-0.3, -0.25) is 9.78 Å². The predicted molar refractivity (Wildman–Crippen MR) is 72.9 cm³/mol. The van der Waals surface area contributed by atoms with Crippen molar-refractivity contribution >= 4 is 5.91 Å². The number of rotatable bonds is 3. The molecular weight excluding hydrogens is 254 g/mol. The maximum absolute atomic E-state index is 12.4. The lowest BCUT2D eigenvalue weighted by molar-refractivity contribution is -0.131. The highest BCUT2D eigenvalue weighted by molar-refractivity contribution is 5.79. The van der Waals surface area contributed by atoms with Crippen molar-refractivity contribution in [3.05, 3.63) is 47.6 Å². The molecule has 1 aliphatic rings. The Kier molecular flexibility index (Phi) is 3.50. The number of amides is 1. The van der Waals surface area contributed by atoms with Crippen molar-refractivity contribution in [3.63, 3.8) is 0 Å². The van der Waals surface area contributed by atoms with Crippen molar-refractivity contribution in [2.75, 3.05) is 6.54 Å². The van der Waals surface area contributed by atoms with Crippen LogP contribution in [0.3, 0.4) is 0 Å². The van der Waals surface area contributed by atoms with Gasteiger partial charge in [0.05, 0.1) is 18.2 Å². The molecule has 5 heteroatoms. The Bertz CT molecular complexity index is 594. The molecular formula is C15H17N3O2. The monoisotopic (exact) mass is 271 g/mol. The lowest BCUT2D eigenvalue weighted by Gasteiger charge is -2.22. The van der Waals surface area contributed by atoms with Crippen molar-refractivity contribution < 1.29 is 9.32 Å². The fraction of sp³-hybridized carbons (Fsp3) is 0.400. The lowest BCUT2D eigenvalue weighted by atomic mass is 10.1. The van der Waals surface area contributed by atoms with Gasteiger partial charge in [-0.1, -0.05) is 5.16 Å². The van der Waals surface area contributed by atoms with E-state index in [0.717, 1.165) is 36.4 Å². The number of pyridine rings is 1. The zero-order valence-corrected chi connectivity index (χ0v) is 11.5. The van der Waals surface area contributed by atoms with Crippen molar-refractivity contribution in [1.82, 2.24) is 15.0 Å². The van der Waals surface area contributed by atoms with E-state index in [-0.39, 0.29) is 11.9 Å². The molecule has 3 heterocycles. The molecule has 1 amide bonds. The zero-order valence-electron chi connectivity index (χ0n) is 11.5. The molecule has 2 aromatic rings. The van der Waals surface area contributed by atoms with Crippen LogP contribution in [0.2, 0.25) is 0 Å². The van der Waals surface area contributed by atoms with E-state index < -0.39 is 0 Å². The average Bonchev–Trinajstić information content (AvgIpc) is 3.08. The van der Waals surface area contributed by atoms with Crippen molar-refractivity contribution in [1.29, 1.82) is 0 Å². The minimum Gasteiger partial charge on any atom is -0.359 e. The van der Waals surface area contributed by atoms with E-state index in [1.165, 1.54) is 0 Å². The topological polar surface area (TPSA) is 59.2 Å².